The lowest BCUT2D eigenvalue weighted by molar-refractivity contribution is -0.142. The molecule has 0 aliphatic rings. The van der Waals surface area contributed by atoms with Crippen molar-refractivity contribution in [2.75, 3.05) is 17.2 Å². The molecule has 1 unspecified atom stereocenters. The first kappa shape index (κ1) is 27.8. The van der Waals surface area contributed by atoms with Crippen LogP contribution < -0.4 is 10.6 Å². The maximum Gasteiger partial charge on any atom is 0.311 e. The highest BCUT2D eigenvalue weighted by atomic mass is 32.2. The number of thioether (sulfide) groups is 1. The predicted octanol–water partition coefficient (Wildman–Crippen LogP) is 6.37. The lowest BCUT2D eigenvalue weighted by Crippen LogP contribution is -2.19. The van der Waals surface area contributed by atoms with Crippen LogP contribution in [0.25, 0.3) is 6.08 Å². The number of hydrogen-bond acceptors (Lipinski definition) is 7. The first-order valence-electron chi connectivity index (χ1n) is 12.3. The summed E-state index contributed by atoms with van der Waals surface area (Å²) in [5.41, 5.74) is 2.92. The molecule has 0 radical (unpaired) electrons. The van der Waals surface area contributed by atoms with Gasteiger partial charge in [-0.3, -0.25) is 14.4 Å². The summed E-state index contributed by atoms with van der Waals surface area (Å²) < 4.78 is 4.97. The van der Waals surface area contributed by atoms with Crippen LogP contribution in [0, 0.1) is 0 Å². The van der Waals surface area contributed by atoms with Crippen LogP contribution in [0.1, 0.15) is 29.0 Å². The number of nitrogens with one attached hydrogen (secondary N) is 2. The summed E-state index contributed by atoms with van der Waals surface area (Å²) in [4.78, 5) is 42.8. The topological polar surface area (TPSA) is 97.4 Å². The molecule has 0 saturated carbocycles. The average molecular weight is 558 g/mol. The molecule has 39 heavy (non-hydrogen) atoms. The van der Waals surface area contributed by atoms with E-state index in [1.54, 1.807) is 24.4 Å². The second-order valence-corrected chi connectivity index (χ2v) is 10.3. The van der Waals surface area contributed by atoms with Gasteiger partial charge in [-0.1, -0.05) is 66.7 Å². The van der Waals surface area contributed by atoms with E-state index >= 15 is 0 Å². The Kier molecular flexibility index (Phi) is 10.0. The molecule has 3 aromatic carbocycles. The van der Waals surface area contributed by atoms with Crippen LogP contribution in [0.4, 0.5) is 10.8 Å². The Labute approximate surface area is 235 Å². The molecule has 4 aromatic rings. The highest BCUT2D eigenvalue weighted by Gasteiger charge is 2.23. The van der Waals surface area contributed by atoms with Gasteiger partial charge in [0.1, 0.15) is 5.25 Å². The van der Waals surface area contributed by atoms with Gasteiger partial charge in [0.15, 0.2) is 5.13 Å². The van der Waals surface area contributed by atoms with Crippen LogP contribution in [0.5, 0.6) is 0 Å². The summed E-state index contributed by atoms with van der Waals surface area (Å²) in [6.07, 6.45) is 3.29. The number of ether oxygens (including phenoxy) is 1. The number of carbonyl (C=O) groups excluding carboxylic acids is 3. The molecular formula is C30H27N3O4S2. The number of amides is 2. The molecule has 7 nitrogen and oxygen atoms in total. The highest BCUT2D eigenvalue weighted by molar-refractivity contribution is 8.00. The number of esters is 1. The van der Waals surface area contributed by atoms with Crippen molar-refractivity contribution in [1.82, 2.24) is 4.98 Å². The van der Waals surface area contributed by atoms with Gasteiger partial charge in [-0.05, 0) is 42.3 Å². The van der Waals surface area contributed by atoms with Crippen molar-refractivity contribution in [3.05, 3.63) is 113 Å². The van der Waals surface area contributed by atoms with Crippen LogP contribution in [0.3, 0.4) is 0 Å². The average Bonchev–Trinajstić information content (AvgIpc) is 3.38. The number of carbonyl (C=O) groups is 3. The molecule has 0 aliphatic heterocycles. The number of thiazole rings is 1. The van der Waals surface area contributed by atoms with E-state index < -0.39 is 5.25 Å². The lowest BCUT2D eigenvalue weighted by Gasteiger charge is -2.17. The Morgan fingerprint density at radius 2 is 1.72 bits per heavy atom. The normalized spacial score (nSPS) is 11.6. The lowest BCUT2D eigenvalue weighted by atomic mass is 10.1. The minimum atomic E-state index is -0.576. The van der Waals surface area contributed by atoms with E-state index in [0.29, 0.717) is 23.1 Å². The number of anilines is 2. The quantitative estimate of drug-likeness (QED) is 0.126. The van der Waals surface area contributed by atoms with Crippen molar-refractivity contribution in [2.24, 2.45) is 0 Å². The summed E-state index contributed by atoms with van der Waals surface area (Å²) in [6.45, 7) is 2.05. The summed E-state index contributed by atoms with van der Waals surface area (Å²) >= 11 is 2.62. The van der Waals surface area contributed by atoms with Gasteiger partial charge in [-0.25, -0.2) is 4.98 Å². The zero-order chi connectivity index (χ0) is 27.5. The minimum absolute atomic E-state index is 0.0517. The van der Waals surface area contributed by atoms with Crippen molar-refractivity contribution < 1.29 is 19.1 Å². The molecule has 2 amide bonds. The number of benzene rings is 3. The predicted molar refractivity (Wildman–Crippen MR) is 157 cm³/mol. The molecule has 198 valence electrons. The van der Waals surface area contributed by atoms with Gasteiger partial charge in [-0.15, -0.1) is 23.1 Å². The fourth-order valence-corrected chi connectivity index (χ4v) is 5.38. The summed E-state index contributed by atoms with van der Waals surface area (Å²) in [6, 6.07) is 26.4. The van der Waals surface area contributed by atoms with Gasteiger partial charge in [0.05, 0.1) is 18.7 Å². The van der Waals surface area contributed by atoms with Gasteiger partial charge in [0.25, 0.3) is 0 Å². The Bertz CT molecular complexity index is 1440. The number of rotatable bonds is 11. The second-order valence-electron chi connectivity index (χ2n) is 8.28. The molecule has 0 fully saturated rings. The molecule has 0 aliphatic carbocycles. The maximum absolute atomic E-state index is 13.4. The molecule has 0 saturated heterocycles. The minimum Gasteiger partial charge on any atom is -0.466 e. The largest absolute Gasteiger partial charge is 0.466 e. The van der Waals surface area contributed by atoms with E-state index in [0.717, 1.165) is 16.0 Å². The van der Waals surface area contributed by atoms with E-state index in [2.05, 4.69) is 15.6 Å². The Morgan fingerprint density at radius 1 is 0.974 bits per heavy atom. The molecule has 1 atom stereocenters. The summed E-state index contributed by atoms with van der Waals surface area (Å²) in [7, 11) is 0. The van der Waals surface area contributed by atoms with Gasteiger partial charge in [0.2, 0.25) is 11.8 Å². The first-order valence-corrected chi connectivity index (χ1v) is 14.0. The Morgan fingerprint density at radius 3 is 2.46 bits per heavy atom. The molecule has 4 rings (SSSR count). The van der Waals surface area contributed by atoms with Crippen LogP contribution in [0.15, 0.2) is 101 Å². The van der Waals surface area contributed by atoms with E-state index in [1.165, 1.54) is 29.2 Å². The molecule has 1 aromatic heterocycles. The van der Waals surface area contributed by atoms with E-state index in [9.17, 15) is 14.4 Å². The van der Waals surface area contributed by atoms with Crippen molar-refractivity contribution >= 4 is 57.8 Å². The smallest absolute Gasteiger partial charge is 0.311 e. The summed E-state index contributed by atoms with van der Waals surface area (Å²) in [5.74, 6) is -0.856. The highest BCUT2D eigenvalue weighted by Crippen LogP contribution is 2.37. The number of hydrogen-bond donors (Lipinski definition) is 2. The SMILES string of the molecule is CCOC(=O)Cc1csc(NC(=O)C(Sc2cccc(NC(=O)/C=C/c3ccccc3)c2)c2ccccc2)n1. The van der Waals surface area contributed by atoms with E-state index in [-0.39, 0.29) is 24.2 Å². The molecule has 9 heteroatoms. The molecule has 1 heterocycles. The fourth-order valence-electron chi connectivity index (χ4n) is 3.58. The molecule has 2 N–H and O–H groups in total. The van der Waals surface area contributed by atoms with Crippen molar-refractivity contribution in [3.8, 4) is 0 Å². The second kappa shape index (κ2) is 14.1. The van der Waals surface area contributed by atoms with Crippen LogP contribution in [-0.4, -0.2) is 29.4 Å². The van der Waals surface area contributed by atoms with Crippen molar-refractivity contribution in [1.29, 1.82) is 0 Å². The number of aromatic nitrogens is 1. The van der Waals surface area contributed by atoms with E-state index in [4.69, 9.17) is 4.74 Å². The zero-order valence-electron chi connectivity index (χ0n) is 21.2. The molecular weight excluding hydrogens is 530 g/mol. The van der Waals surface area contributed by atoms with Gasteiger partial charge in [0, 0.05) is 22.0 Å². The van der Waals surface area contributed by atoms with Crippen molar-refractivity contribution in [3.63, 3.8) is 0 Å². The number of nitrogens with zero attached hydrogens (tertiary/aromatic N) is 1. The third-order valence-corrected chi connectivity index (χ3v) is 7.39. The summed E-state index contributed by atoms with van der Waals surface area (Å²) in [5, 5.41) is 7.32. The van der Waals surface area contributed by atoms with Crippen LogP contribution in [0.2, 0.25) is 0 Å². The fraction of sp³-hybridized carbons (Fsp3) is 0.133. The zero-order valence-corrected chi connectivity index (χ0v) is 22.8. The Balaban J connectivity index is 1.45. The Hall–Kier alpha value is -4.21. The standard InChI is InChI=1S/C30H27N3O4S2/c1-2-37-27(35)19-24-20-38-30(32-24)33-29(36)28(22-12-7-4-8-13-22)39-25-15-9-14-23(18-25)31-26(34)17-16-21-10-5-3-6-11-21/h3-18,20,28H,2,19H2,1H3,(H,31,34)(H,32,33,36)/b17-16+. The monoisotopic (exact) mass is 557 g/mol. The van der Waals surface area contributed by atoms with E-state index in [1.807, 2.05) is 78.9 Å². The maximum atomic E-state index is 13.4. The third kappa shape index (κ3) is 8.66. The van der Waals surface area contributed by atoms with Gasteiger partial charge in [-0.2, -0.15) is 0 Å². The first-order chi connectivity index (χ1) is 19.0. The van der Waals surface area contributed by atoms with Gasteiger partial charge >= 0.3 is 5.97 Å². The third-order valence-electron chi connectivity index (χ3n) is 5.34. The van der Waals surface area contributed by atoms with Gasteiger partial charge < -0.3 is 15.4 Å². The van der Waals surface area contributed by atoms with Crippen LogP contribution >= 0.6 is 23.1 Å². The molecule has 0 bridgehead atoms. The van der Waals surface area contributed by atoms with Crippen molar-refractivity contribution in [2.45, 2.75) is 23.5 Å². The molecule has 0 spiro atoms. The van der Waals surface area contributed by atoms with Crippen LogP contribution in [-0.2, 0) is 25.5 Å².